The number of ether oxygens (including phenoxy) is 2. The van der Waals surface area contributed by atoms with Crippen LogP contribution in [-0.4, -0.2) is 37.9 Å². The molecule has 0 bridgehead atoms. The Bertz CT molecular complexity index is 1250. The van der Waals surface area contributed by atoms with Gasteiger partial charge in [0.15, 0.2) is 0 Å². The minimum absolute atomic E-state index is 0.0949. The van der Waals surface area contributed by atoms with Crippen molar-refractivity contribution in [3.05, 3.63) is 81.9 Å². The molecule has 0 radical (unpaired) electrons. The van der Waals surface area contributed by atoms with E-state index < -0.39 is 16.6 Å². The van der Waals surface area contributed by atoms with Crippen molar-refractivity contribution in [1.82, 2.24) is 4.98 Å². The highest BCUT2D eigenvalue weighted by Crippen LogP contribution is 2.30. The monoisotopic (exact) mass is 537 g/mol. The Hall–Kier alpha value is -3.43. The van der Waals surface area contributed by atoms with Gasteiger partial charge in [-0.15, -0.1) is 0 Å². The van der Waals surface area contributed by atoms with Crippen molar-refractivity contribution >= 4 is 17.4 Å². The lowest BCUT2D eigenvalue weighted by atomic mass is 9.98. The molecular weight excluding hydrogens is 504 g/mol. The molecule has 1 heterocycles. The van der Waals surface area contributed by atoms with E-state index in [0.29, 0.717) is 31.3 Å². The lowest BCUT2D eigenvalue weighted by Gasteiger charge is -2.17. The van der Waals surface area contributed by atoms with Gasteiger partial charge in [0.25, 0.3) is 0 Å². The second-order valence-corrected chi connectivity index (χ2v) is 10.8. The van der Waals surface area contributed by atoms with Crippen LogP contribution in [0.25, 0.3) is 11.1 Å². The molecule has 0 spiro atoms. The maximum Gasteiger partial charge on any atom is 0.213 e. The number of carbonyl (C=O) groups excluding carboxylic acids is 1. The van der Waals surface area contributed by atoms with Crippen molar-refractivity contribution in [1.29, 1.82) is 0 Å². The zero-order chi connectivity index (χ0) is 27.7. The standard InChI is InChI=1S/C29H34N2O6S/c1-20-16-27(36-15-13-29(3,4)31-33)30-21(2)28(20)24-7-5-6-22(17-24)18-37-26-10-8-23(9-11-26)25(12-14-32)19-38(34)35/h5-11,14,16-17,25H,12-13,15,18-19H2,1-4H3,(H,34,35)/p-1. The van der Waals surface area contributed by atoms with E-state index in [0.717, 1.165) is 39.8 Å². The van der Waals surface area contributed by atoms with E-state index in [1.165, 1.54) is 0 Å². The fraction of sp³-hybridized carbons (Fsp3) is 0.379. The second-order valence-electron chi connectivity index (χ2n) is 9.87. The molecule has 9 heteroatoms. The third-order valence-corrected chi connectivity index (χ3v) is 6.95. The normalized spacial score (nSPS) is 13.0. The zero-order valence-electron chi connectivity index (χ0n) is 22.1. The highest BCUT2D eigenvalue weighted by molar-refractivity contribution is 7.79. The number of carbonyl (C=O) groups is 1. The third kappa shape index (κ3) is 8.29. The van der Waals surface area contributed by atoms with Crippen molar-refractivity contribution in [3.63, 3.8) is 0 Å². The van der Waals surface area contributed by atoms with Crippen LogP contribution in [0.4, 0.5) is 0 Å². The molecule has 0 saturated carbocycles. The van der Waals surface area contributed by atoms with Crippen LogP contribution in [0, 0.1) is 18.8 Å². The first-order valence-corrected chi connectivity index (χ1v) is 13.6. The number of pyridine rings is 1. The molecule has 0 N–H and O–H groups in total. The van der Waals surface area contributed by atoms with E-state index in [4.69, 9.17) is 9.47 Å². The van der Waals surface area contributed by atoms with Crippen LogP contribution in [0.1, 0.15) is 55.0 Å². The first-order valence-electron chi connectivity index (χ1n) is 12.4. The SMILES string of the molecule is Cc1cc(OCCC(C)(C)N=O)nc(C)c1-c1cccc(COc2ccc(C(CC=O)CS(=O)[O-])cc2)c1. The smallest absolute Gasteiger partial charge is 0.213 e. The maximum absolute atomic E-state index is 11.1. The molecule has 8 nitrogen and oxygen atoms in total. The van der Waals surface area contributed by atoms with Gasteiger partial charge in [-0.1, -0.05) is 46.6 Å². The highest BCUT2D eigenvalue weighted by Gasteiger charge is 2.18. The molecule has 3 aromatic rings. The summed E-state index contributed by atoms with van der Waals surface area (Å²) < 4.78 is 33.9. The Morgan fingerprint density at radius 1 is 1.11 bits per heavy atom. The fourth-order valence-corrected chi connectivity index (χ4v) is 4.82. The van der Waals surface area contributed by atoms with Gasteiger partial charge in [-0.05, 0) is 68.1 Å². The van der Waals surface area contributed by atoms with Crippen molar-refractivity contribution in [2.75, 3.05) is 12.4 Å². The second kappa shape index (κ2) is 13.4. The molecule has 3 rings (SSSR count). The summed E-state index contributed by atoms with van der Waals surface area (Å²) in [6.45, 7) is 8.20. The van der Waals surface area contributed by atoms with Gasteiger partial charge < -0.3 is 18.8 Å². The number of rotatable bonds is 14. The van der Waals surface area contributed by atoms with Gasteiger partial charge in [-0.2, -0.15) is 4.91 Å². The fourth-order valence-electron chi connectivity index (χ4n) is 4.16. The Balaban J connectivity index is 1.67. The largest absolute Gasteiger partial charge is 0.772 e. The summed E-state index contributed by atoms with van der Waals surface area (Å²) in [4.78, 5) is 26.4. The molecule has 0 aliphatic heterocycles. The molecule has 202 valence electrons. The maximum atomic E-state index is 11.1. The van der Waals surface area contributed by atoms with Gasteiger partial charge in [0, 0.05) is 41.8 Å². The molecular formula is C29H33N2O6S-. The van der Waals surface area contributed by atoms with Crippen molar-refractivity contribution in [2.45, 2.75) is 58.6 Å². The lowest BCUT2D eigenvalue weighted by Crippen LogP contribution is -2.19. The van der Waals surface area contributed by atoms with E-state index in [1.54, 1.807) is 38.1 Å². The number of hydrogen-bond acceptors (Lipinski definition) is 8. The van der Waals surface area contributed by atoms with Gasteiger partial charge in [0.2, 0.25) is 5.88 Å². The van der Waals surface area contributed by atoms with Gasteiger partial charge in [-0.25, -0.2) is 4.98 Å². The first kappa shape index (κ1) is 29.1. The minimum Gasteiger partial charge on any atom is -0.772 e. The molecule has 0 fully saturated rings. The average molecular weight is 538 g/mol. The Labute approximate surface area is 226 Å². The van der Waals surface area contributed by atoms with Crippen LogP contribution in [0.2, 0.25) is 0 Å². The van der Waals surface area contributed by atoms with E-state index in [9.17, 15) is 18.5 Å². The average Bonchev–Trinajstić information content (AvgIpc) is 2.87. The lowest BCUT2D eigenvalue weighted by molar-refractivity contribution is -0.108. The summed E-state index contributed by atoms with van der Waals surface area (Å²) in [5, 5.41) is 3.12. The molecule has 0 aliphatic rings. The number of aryl methyl sites for hydroxylation is 2. The summed E-state index contributed by atoms with van der Waals surface area (Å²) >= 11 is -2.23. The Morgan fingerprint density at radius 3 is 2.47 bits per heavy atom. The number of aromatic nitrogens is 1. The third-order valence-electron chi connectivity index (χ3n) is 6.28. The summed E-state index contributed by atoms with van der Waals surface area (Å²) in [6, 6.07) is 17.1. The van der Waals surface area contributed by atoms with Crippen LogP contribution in [0.5, 0.6) is 11.6 Å². The van der Waals surface area contributed by atoms with Crippen LogP contribution in [-0.2, 0) is 22.5 Å². The minimum atomic E-state index is -2.23. The predicted octanol–water partition coefficient (Wildman–Crippen LogP) is 5.81. The summed E-state index contributed by atoms with van der Waals surface area (Å²) in [5.74, 6) is 0.706. The molecule has 0 amide bonds. The topological polar surface area (TPSA) is 118 Å². The van der Waals surface area contributed by atoms with Gasteiger partial charge in [0.1, 0.15) is 24.2 Å². The summed E-state index contributed by atoms with van der Waals surface area (Å²) in [7, 11) is 0. The number of nitroso groups, excluding NO2 is 1. The van der Waals surface area contributed by atoms with Crippen LogP contribution >= 0.6 is 0 Å². The molecule has 0 saturated heterocycles. The van der Waals surface area contributed by atoms with Crippen molar-refractivity contribution < 1.29 is 23.0 Å². The summed E-state index contributed by atoms with van der Waals surface area (Å²) in [6.07, 6.45) is 1.39. The molecule has 2 atom stereocenters. The number of nitrogens with zero attached hydrogens (tertiary/aromatic N) is 2. The Morgan fingerprint density at radius 2 is 1.84 bits per heavy atom. The van der Waals surface area contributed by atoms with E-state index in [-0.39, 0.29) is 18.1 Å². The van der Waals surface area contributed by atoms with Crippen LogP contribution < -0.4 is 9.47 Å². The predicted molar refractivity (Wildman–Crippen MR) is 147 cm³/mol. The van der Waals surface area contributed by atoms with Gasteiger partial charge in [0.05, 0.1) is 6.61 Å². The van der Waals surface area contributed by atoms with E-state index in [1.807, 2.05) is 38.1 Å². The van der Waals surface area contributed by atoms with Crippen molar-refractivity contribution in [2.24, 2.45) is 5.18 Å². The van der Waals surface area contributed by atoms with E-state index in [2.05, 4.69) is 16.2 Å². The molecule has 1 aromatic heterocycles. The van der Waals surface area contributed by atoms with Crippen LogP contribution in [0.15, 0.2) is 59.8 Å². The number of aldehydes is 1. The summed E-state index contributed by atoms with van der Waals surface area (Å²) in [5.41, 5.74) is 5.00. The molecule has 38 heavy (non-hydrogen) atoms. The van der Waals surface area contributed by atoms with Gasteiger partial charge >= 0.3 is 0 Å². The molecule has 2 unspecified atom stereocenters. The highest BCUT2D eigenvalue weighted by atomic mass is 32.2. The first-order chi connectivity index (χ1) is 18.1. The Kier molecular flexibility index (Phi) is 10.3. The van der Waals surface area contributed by atoms with Gasteiger partial charge in [-0.3, -0.25) is 4.21 Å². The van der Waals surface area contributed by atoms with Crippen LogP contribution in [0.3, 0.4) is 0 Å². The quantitative estimate of drug-likeness (QED) is 0.145. The van der Waals surface area contributed by atoms with Crippen molar-refractivity contribution in [3.8, 4) is 22.8 Å². The zero-order valence-corrected chi connectivity index (χ0v) is 23.0. The molecule has 2 aromatic carbocycles. The molecule has 0 aliphatic carbocycles. The van der Waals surface area contributed by atoms with E-state index >= 15 is 0 Å². The number of benzene rings is 2. The number of hydrogen-bond donors (Lipinski definition) is 0.